The largest absolute Gasteiger partial charge is 0.388 e. The first-order valence-electron chi connectivity index (χ1n) is 7.45. The fourth-order valence-electron chi connectivity index (χ4n) is 2.55. The van der Waals surface area contributed by atoms with Gasteiger partial charge >= 0.3 is 0 Å². The molecule has 0 atom stereocenters. The van der Waals surface area contributed by atoms with Crippen LogP contribution in [0.15, 0.2) is 36.7 Å². The first kappa shape index (κ1) is 15.1. The highest BCUT2D eigenvalue weighted by atomic mass is 19.1. The van der Waals surface area contributed by atoms with E-state index in [0.29, 0.717) is 39.1 Å². The van der Waals surface area contributed by atoms with Crippen LogP contribution in [-0.4, -0.2) is 40.2 Å². The Morgan fingerprint density at radius 1 is 1.27 bits per heavy atom. The van der Waals surface area contributed by atoms with E-state index in [-0.39, 0.29) is 5.82 Å². The molecule has 0 saturated carbocycles. The van der Waals surface area contributed by atoms with Gasteiger partial charge in [0.1, 0.15) is 5.82 Å². The van der Waals surface area contributed by atoms with Gasteiger partial charge < -0.3 is 15.2 Å². The maximum Gasteiger partial charge on any atom is 0.123 e. The third kappa shape index (κ3) is 3.71. The second-order valence-corrected chi connectivity index (χ2v) is 5.71. The van der Waals surface area contributed by atoms with Crippen LogP contribution in [0.5, 0.6) is 0 Å². The Labute approximate surface area is 128 Å². The van der Waals surface area contributed by atoms with E-state index >= 15 is 0 Å². The van der Waals surface area contributed by atoms with Gasteiger partial charge in [0.15, 0.2) is 0 Å². The summed E-state index contributed by atoms with van der Waals surface area (Å²) >= 11 is 0. The van der Waals surface area contributed by atoms with Crippen molar-refractivity contribution < 1.29 is 14.2 Å². The SMILES string of the molecule is OC1(CNCc2cnn(-c3ccc(F)cc3)c2)CCOCC1. The summed E-state index contributed by atoms with van der Waals surface area (Å²) in [6, 6.07) is 6.19. The molecular weight excluding hydrogens is 285 g/mol. The van der Waals surface area contributed by atoms with E-state index < -0.39 is 5.60 Å². The zero-order valence-corrected chi connectivity index (χ0v) is 12.3. The molecule has 0 aliphatic carbocycles. The maximum absolute atomic E-state index is 12.9. The molecule has 1 aromatic heterocycles. The molecule has 0 bridgehead atoms. The van der Waals surface area contributed by atoms with E-state index in [0.717, 1.165) is 11.3 Å². The monoisotopic (exact) mass is 305 g/mol. The minimum atomic E-state index is -0.675. The predicted octanol–water partition coefficient (Wildman–Crippen LogP) is 1.64. The van der Waals surface area contributed by atoms with Gasteiger partial charge in [-0.1, -0.05) is 0 Å². The molecule has 1 aliphatic rings. The molecule has 118 valence electrons. The van der Waals surface area contributed by atoms with Crippen molar-refractivity contribution in [1.29, 1.82) is 0 Å². The molecule has 2 N–H and O–H groups in total. The fourth-order valence-corrected chi connectivity index (χ4v) is 2.55. The number of benzene rings is 1. The van der Waals surface area contributed by atoms with E-state index in [1.165, 1.54) is 12.1 Å². The maximum atomic E-state index is 12.9. The van der Waals surface area contributed by atoms with Crippen molar-refractivity contribution in [1.82, 2.24) is 15.1 Å². The first-order chi connectivity index (χ1) is 10.6. The van der Waals surface area contributed by atoms with Crippen LogP contribution in [0.25, 0.3) is 5.69 Å². The number of hydrogen-bond donors (Lipinski definition) is 2. The summed E-state index contributed by atoms with van der Waals surface area (Å²) in [5.74, 6) is -0.262. The number of rotatable bonds is 5. The topological polar surface area (TPSA) is 59.3 Å². The van der Waals surface area contributed by atoms with Gasteiger partial charge in [0.2, 0.25) is 0 Å². The summed E-state index contributed by atoms with van der Waals surface area (Å²) in [6.45, 7) is 2.39. The van der Waals surface area contributed by atoms with Gasteiger partial charge in [-0.15, -0.1) is 0 Å². The molecule has 1 aromatic carbocycles. The summed E-state index contributed by atoms with van der Waals surface area (Å²) < 4.78 is 19.9. The van der Waals surface area contributed by atoms with Crippen LogP contribution >= 0.6 is 0 Å². The summed E-state index contributed by atoms with van der Waals surface area (Å²) in [7, 11) is 0. The second-order valence-electron chi connectivity index (χ2n) is 5.71. The minimum absolute atomic E-state index is 0.262. The van der Waals surface area contributed by atoms with Gasteiger partial charge in [-0.25, -0.2) is 9.07 Å². The van der Waals surface area contributed by atoms with Gasteiger partial charge in [0, 0.05) is 50.9 Å². The summed E-state index contributed by atoms with van der Waals surface area (Å²) in [5, 5.41) is 17.9. The highest BCUT2D eigenvalue weighted by Gasteiger charge is 2.29. The third-order valence-corrected chi connectivity index (χ3v) is 3.93. The minimum Gasteiger partial charge on any atom is -0.388 e. The summed E-state index contributed by atoms with van der Waals surface area (Å²) in [5.41, 5.74) is 1.15. The van der Waals surface area contributed by atoms with E-state index in [9.17, 15) is 9.50 Å². The predicted molar refractivity (Wildman–Crippen MR) is 80.2 cm³/mol. The average Bonchev–Trinajstić information content (AvgIpc) is 2.97. The van der Waals surface area contributed by atoms with E-state index in [4.69, 9.17) is 4.74 Å². The zero-order valence-electron chi connectivity index (χ0n) is 12.3. The van der Waals surface area contributed by atoms with Gasteiger partial charge in [-0.05, 0) is 24.3 Å². The third-order valence-electron chi connectivity index (χ3n) is 3.93. The molecule has 6 heteroatoms. The number of aliphatic hydroxyl groups is 1. The van der Waals surface area contributed by atoms with E-state index in [2.05, 4.69) is 10.4 Å². The van der Waals surface area contributed by atoms with Crippen LogP contribution in [0.1, 0.15) is 18.4 Å². The summed E-state index contributed by atoms with van der Waals surface area (Å²) in [4.78, 5) is 0. The van der Waals surface area contributed by atoms with Crippen LogP contribution in [0.3, 0.4) is 0 Å². The lowest BCUT2D eigenvalue weighted by molar-refractivity contribution is -0.0617. The van der Waals surface area contributed by atoms with Gasteiger partial charge in [0.25, 0.3) is 0 Å². The molecular formula is C16H20FN3O2. The molecule has 3 rings (SSSR count). The molecule has 2 heterocycles. The molecule has 22 heavy (non-hydrogen) atoms. The summed E-state index contributed by atoms with van der Waals surface area (Å²) in [6.07, 6.45) is 4.99. The van der Waals surface area contributed by atoms with Crippen LogP contribution in [0.2, 0.25) is 0 Å². The molecule has 2 aromatic rings. The average molecular weight is 305 g/mol. The Morgan fingerprint density at radius 3 is 2.73 bits per heavy atom. The van der Waals surface area contributed by atoms with Crippen molar-refractivity contribution in [2.75, 3.05) is 19.8 Å². The van der Waals surface area contributed by atoms with Crippen molar-refractivity contribution in [2.24, 2.45) is 0 Å². The Morgan fingerprint density at radius 2 is 2.00 bits per heavy atom. The quantitative estimate of drug-likeness (QED) is 0.882. The molecule has 1 saturated heterocycles. The first-order valence-corrected chi connectivity index (χ1v) is 7.45. The van der Waals surface area contributed by atoms with Crippen LogP contribution in [-0.2, 0) is 11.3 Å². The Balaban J connectivity index is 1.54. The Hall–Kier alpha value is -1.76. The molecule has 0 unspecified atom stereocenters. The van der Waals surface area contributed by atoms with Crippen molar-refractivity contribution >= 4 is 0 Å². The standard InChI is InChI=1S/C16H20FN3O2/c17-14-1-3-15(4-2-14)20-11-13(10-19-20)9-18-12-16(21)5-7-22-8-6-16/h1-4,10-11,18,21H,5-9,12H2. The van der Waals surface area contributed by atoms with Crippen molar-refractivity contribution in [3.05, 3.63) is 48.0 Å². The number of halogens is 1. The lowest BCUT2D eigenvalue weighted by Gasteiger charge is -2.32. The van der Waals surface area contributed by atoms with Crippen LogP contribution in [0.4, 0.5) is 4.39 Å². The van der Waals surface area contributed by atoms with Crippen LogP contribution in [0, 0.1) is 5.82 Å². The van der Waals surface area contributed by atoms with Crippen molar-refractivity contribution in [3.63, 3.8) is 0 Å². The lowest BCUT2D eigenvalue weighted by atomic mass is 9.94. The number of hydrogen-bond acceptors (Lipinski definition) is 4. The normalized spacial score (nSPS) is 17.5. The van der Waals surface area contributed by atoms with Crippen molar-refractivity contribution in [2.45, 2.75) is 25.0 Å². The van der Waals surface area contributed by atoms with Gasteiger partial charge in [-0.2, -0.15) is 5.10 Å². The Kier molecular flexibility index (Phi) is 4.52. The molecule has 0 amide bonds. The molecule has 1 fully saturated rings. The number of aromatic nitrogens is 2. The van der Waals surface area contributed by atoms with E-state index in [1.807, 2.05) is 6.20 Å². The number of nitrogens with one attached hydrogen (secondary N) is 1. The van der Waals surface area contributed by atoms with Crippen LogP contribution < -0.4 is 5.32 Å². The molecule has 0 spiro atoms. The smallest absolute Gasteiger partial charge is 0.123 e. The van der Waals surface area contributed by atoms with E-state index in [1.54, 1.807) is 23.0 Å². The molecule has 1 aliphatic heterocycles. The molecule has 5 nitrogen and oxygen atoms in total. The Bertz CT molecular complexity index is 606. The fraction of sp³-hybridized carbons (Fsp3) is 0.438. The number of ether oxygens (including phenoxy) is 1. The van der Waals surface area contributed by atoms with Gasteiger partial charge in [-0.3, -0.25) is 0 Å². The second kappa shape index (κ2) is 6.56. The zero-order chi connectivity index (χ0) is 15.4. The highest BCUT2D eigenvalue weighted by molar-refractivity contribution is 5.31. The number of nitrogens with zero attached hydrogens (tertiary/aromatic N) is 2. The lowest BCUT2D eigenvalue weighted by Crippen LogP contribution is -2.44. The highest BCUT2D eigenvalue weighted by Crippen LogP contribution is 2.19. The van der Waals surface area contributed by atoms with Gasteiger partial charge in [0.05, 0.1) is 17.5 Å². The molecule has 0 radical (unpaired) electrons. The van der Waals surface area contributed by atoms with Crippen molar-refractivity contribution in [3.8, 4) is 5.69 Å².